The van der Waals surface area contributed by atoms with Crippen LogP contribution in [0.4, 0.5) is 8.78 Å². The Bertz CT molecular complexity index is 788. The van der Waals surface area contributed by atoms with E-state index in [1.807, 2.05) is 37.3 Å². The fourth-order valence-electron chi connectivity index (χ4n) is 4.07. The van der Waals surface area contributed by atoms with Crippen molar-refractivity contribution in [1.82, 2.24) is 5.48 Å². The van der Waals surface area contributed by atoms with Crippen LogP contribution >= 0.6 is 0 Å². The first-order valence-corrected chi connectivity index (χ1v) is 9.20. The van der Waals surface area contributed by atoms with Crippen LogP contribution in [-0.2, 0) is 26.5 Å². The van der Waals surface area contributed by atoms with Gasteiger partial charge in [0, 0.05) is 17.5 Å². The van der Waals surface area contributed by atoms with Gasteiger partial charge in [0.25, 0.3) is 0 Å². The number of hydrogen-bond donors (Lipinski definition) is 1. The van der Waals surface area contributed by atoms with Gasteiger partial charge in [0.1, 0.15) is 11.6 Å². The molecule has 2 aromatic carbocycles. The number of hydrogen-bond acceptors (Lipinski definition) is 4. The minimum atomic E-state index is -0.812. The molecule has 2 aliphatic rings. The van der Waals surface area contributed by atoms with Crippen LogP contribution in [0.1, 0.15) is 24.5 Å². The molecule has 4 rings (SSSR count). The summed E-state index contributed by atoms with van der Waals surface area (Å²) in [5, 5.41) is 0. The van der Waals surface area contributed by atoms with Crippen LogP contribution in [0.15, 0.2) is 48.5 Å². The van der Waals surface area contributed by atoms with Gasteiger partial charge in [-0.2, -0.15) is 5.48 Å². The Morgan fingerprint density at radius 2 is 2.00 bits per heavy atom. The number of ether oxygens (including phenoxy) is 2. The van der Waals surface area contributed by atoms with Gasteiger partial charge in [-0.05, 0) is 25.0 Å². The van der Waals surface area contributed by atoms with Gasteiger partial charge in [-0.3, -0.25) is 4.84 Å². The van der Waals surface area contributed by atoms with Crippen molar-refractivity contribution >= 4 is 0 Å². The third-order valence-corrected chi connectivity index (χ3v) is 5.52. The summed E-state index contributed by atoms with van der Waals surface area (Å²) in [6.07, 6.45) is 0.455. The average molecular weight is 375 g/mol. The SMILES string of the molecule is CC1ONC2(c3ccc(F)cc3F)COC(COCc3ccccc3)CC12. The van der Waals surface area contributed by atoms with Crippen molar-refractivity contribution in [3.8, 4) is 0 Å². The summed E-state index contributed by atoms with van der Waals surface area (Å²) >= 11 is 0. The van der Waals surface area contributed by atoms with E-state index in [9.17, 15) is 8.78 Å². The van der Waals surface area contributed by atoms with Crippen molar-refractivity contribution < 1.29 is 23.1 Å². The third-order valence-electron chi connectivity index (χ3n) is 5.52. The predicted molar refractivity (Wildman–Crippen MR) is 95.7 cm³/mol. The van der Waals surface area contributed by atoms with Crippen molar-refractivity contribution in [1.29, 1.82) is 0 Å². The topological polar surface area (TPSA) is 39.7 Å². The molecular weight excluding hydrogens is 352 g/mol. The van der Waals surface area contributed by atoms with Gasteiger partial charge in [-0.15, -0.1) is 0 Å². The Hall–Kier alpha value is -1.86. The summed E-state index contributed by atoms with van der Waals surface area (Å²) in [6.45, 7) is 3.17. The zero-order chi connectivity index (χ0) is 18.9. The molecule has 4 unspecified atom stereocenters. The van der Waals surface area contributed by atoms with Gasteiger partial charge in [0.2, 0.25) is 0 Å². The molecule has 4 nitrogen and oxygen atoms in total. The molecule has 0 radical (unpaired) electrons. The lowest BCUT2D eigenvalue weighted by Crippen LogP contribution is -2.53. The van der Waals surface area contributed by atoms with Gasteiger partial charge in [-0.1, -0.05) is 36.4 Å². The first-order valence-electron chi connectivity index (χ1n) is 9.20. The summed E-state index contributed by atoms with van der Waals surface area (Å²) in [4.78, 5) is 5.63. The highest BCUT2D eigenvalue weighted by Gasteiger charge is 2.54. The van der Waals surface area contributed by atoms with Crippen LogP contribution in [-0.4, -0.2) is 25.4 Å². The molecular formula is C21H23F2NO3. The van der Waals surface area contributed by atoms with Gasteiger partial charge >= 0.3 is 0 Å². The molecule has 27 heavy (non-hydrogen) atoms. The maximum absolute atomic E-state index is 14.5. The van der Waals surface area contributed by atoms with E-state index < -0.39 is 17.2 Å². The van der Waals surface area contributed by atoms with Gasteiger partial charge in [0.05, 0.1) is 37.6 Å². The summed E-state index contributed by atoms with van der Waals surface area (Å²) in [5.74, 6) is -1.19. The first kappa shape index (κ1) is 18.5. The third kappa shape index (κ3) is 3.62. The quantitative estimate of drug-likeness (QED) is 0.865. The smallest absolute Gasteiger partial charge is 0.131 e. The predicted octanol–water partition coefficient (Wildman–Crippen LogP) is 3.71. The largest absolute Gasteiger partial charge is 0.374 e. The van der Waals surface area contributed by atoms with Crippen LogP contribution in [0.25, 0.3) is 0 Å². The molecule has 0 amide bonds. The molecule has 6 heteroatoms. The lowest BCUT2D eigenvalue weighted by Gasteiger charge is -2.42. The Morgan fingerprint density at radius 1 is 1.19 bits per heavy atom. The van der Waals surface area contributed by atoms with E-state index in [0.29, 0.717) is 25.2 Å². The van der Waals surface area contributed by atoms with Crippen molar-refractivity contribution in [2.24, 2.45) is 5.92 Å². The van der Waals surface area contributed by atoms with Crippen molar-refractivity contribution in [2.75, 3.05) is 13.2 Å². The van der Waals surface area contributed by atoms with E-state index in [4.69, 9.17) is 14.3 Å². The minimum absolute atomic E-state index is 0.00321. The first-order chi connectivity index (χ1) is 13.1. The second kappa shape index (κ2) is 7.64. The maximum Gasteiger partial charge on any atom is 0.131 e. The van der Waals surface area contributed by atoms with Crippen LogP contribution in [0.2, 0.25) is 0 Å². The lowest BCUT2D eigenvalue weighted by molar-refractivity contribution is -0.100. The van der Waals surface area contributed by atoms with E-state index in [1.54, 1.807) is 0 Å². The van der Waals surface area contributed by atoms with E-state index in [1.165, 1.54) is 12.1 Å². The zero-order valence-electron chi connectivity index (χ0n) is 15.2. The van der Waals surface area contributed by atoms with Crippen molar-refractivity contribution in [2.45, 2.75) is 37.7 Å². The second-order valence-electron chi connectivity index (χ2n) is 7.30. The van der Waals surface area contributed by atoms with Crippen molar-refractivity contribution in [3.63, 3.8) is 0 Å². The molecule has 0 aromatic heterocycles. The molecule has 1 N–H and O–H groups in total. The maximum atomic E-state index is 14.5. The Labute approximate surface area is 157 Å². The standard InChI is InChI=1S/C21H23F2NO3/c1-14-19-10-17(12-25-11-15-5-3-2-4-6-15)26-13-21(19,24-27-14)18-8-7-16(22)9-20(18)23/h2-9,14,17,19,24H,10-13H2,1H3. The fourth-order valence-corrected chi connectivity index (χ4v) is 4.07. The number of halogens is 2. The number of benzene rings is 2. The molecule has 144 valence electrons. The number of rotatable bonds is 5. The molecule has 4 atom stereocenters. The zero-order valence-corrected chi connectivity index (χ0v) is 15.2. The molecule has 0 spiro atoms. The summed E-state index contributed by atoms with van der Waals surface area (Å²) in [7, 11) is 0. The Morgan fingerprint density at radius 3 is 2.78 bits per heavy atom. The van der Waals surface area contributed by atoms with Crippen LogP contribution in [0.3, 0.4) is 0 Å². The van der Waals surface area contributed by atoms with E-state index >= 15 is 0 Å². The van der Waals surface area contributed by atoms with Crippen LogP contribution in [0.5, 0.6) is 0 Å². The number of fused-ring (bicyclic) bond motifs is 1. The van der Waals surface area contributed by atoms with Crippen molar-refractivity contribution in [3.05, 3.63) is 71.3 Å². The lowest BCUT2D eigenvalue weighted by atomic mass is 9.73. The summed E-state index contributed by atoms with van der Waals surface area (Å²) in [5.41, 5.74) is 3.64. The van der Waals surface area contributed by atoms with E-state index in [0.717, 1.165) is 11.6 Å². The summed E-state index contributed by atoms with van der Waals surface area (Å²) < 4.78 is 39.6. The normalized spacial score (nSPS) is 30.3. The summed E-state index contributed by atoms with van der Waals surface area (Å²) in [6, 6.07) is 13.6. The number of nitrogens with one attached hydrogen (secondary N) is 1. The molecule has 2 aliphatic heterocycles. The van der Waals surface area contributed by atoms with E-state index in [-0.39, 0.29) is 24.7 Å². The molecule has 0 aliphatic carbocycles. The molecule has 2 aromatic rings. The fraction of sp³-hybridized carbons (Fsp3) is 0.429. The Kier molecular flexibility index (Phi) is 5.23. The molecule has 2 heterocycles. The highest BCUT2D eigenvalue weighted by molar-refractivity contribution is 5.30. The van der Waals surface area contributed by atoms with E-state index in [2.05, 4.69) is 5.48 Å². The molecule has 2 fully saturated rings. The minimum Gasteiger partial charge on any atom is -0.374 e. The monoisotopic (exact) mass is 375 g/mol. The molecule has 0 bridgehead atoms. The van der Waals surface area contributed by atoms with Gasteiger partial charge in [-0.25, -0.2) is 8.78 Å². The van der Waals surface area contributed by atoms with Crippen LogP contribution in [0, 0.1) is 17.6 Å². The molecule has 0 saturated carbocycles. The number of hydroxylamine groups is 1. The highest BCUT2D eigenvalue weighted by Crippen LogP contribution is 2.45. The Balaban J connectivity index is 1.44. The van der Waals surface area contributed by atoms with Gasteiger partial charge in [0.15, 0.2) is 0 Å². The second-order valence-corrected chi connectivity index (χ2v) is 7.30. The van der Waals surface area contributed by atoms with Crippen LogP contribution < -0.4 is 5.48 Å². The van der Waals surface area contributed by atoms with Gasteiger partial charge < -0.3 is 9.47 Å². The molecule has 2 saturated heterocycles. The average Bonchev–Trinajstić information content (AvgIpc) is 3.00. The highest BCUT2D eigenvalue weighted by atomic mass is 19.1.